The van der Waals surface area contributed by atoms with Gasteiger partial charge in [-0.2, -0.15) is 0 Å². The van der Waals surface area contributed by atoms with E-state index in [-0.39, 0.29) is 6.04 Å². The van der Waals surface area contributed by atoms with E-state index in [4.69, 9.17) is 11.6 Å². The highest BCUT2D eigenvalue weighted by molar-refractivity contribution is 6.30. The lowest BCUT2D eigenvalue weighted by atomic mass is 10.0. The number of halogens is 1. The number of carbonyl (C=O) groups excluding carboxylic acids is 1. The van der Waals surface area contributed by atoms with Crippen LogP contribution in [-0.2, 0) is 4.74 Å². The van der Waals surface area contributed by atoms with E-state index < -0.39 is 6.09 Å². The molecule has 18 heavy (non-hydrogen) atoms. The zero-order valence-corrected chi connectivity index (χ0v) is 10.7. The first-order valence-corrected chi connectivity index (χ1v) is 5.98. The van der Waals surface area contributed by atoms with Crippen LogP contribution in [0.5, 0.6) is 0 Å². The molecule has 5 nitrogen and oxygen atoms in total. The van der Waals surface area contributed by atoms with E-state index in [0.29, 0.717) is 17.5 Å². The molecule has 0 aliphatic carbocycles. The number of benzene rings is 1. The summed E-state index contributed by atoms with van der Waals surface area (Å²) in [5.74, 6) is 0.429. The predicted octanol–water partition coefficient (Wildman–Crippen LogP) is 2.09. The number of nitrogens with zero attached hydrogens (tertiary/aromatic N) is 1. The molecule has 1 heterocycles. The molecule has 6 heteroatoms. The maximum Gasteiger partial charge on any atom is 0.413 e. The van der Waals surface area contributed by atoms with Crippen molar-refractivity contribution in [3.8, 4) is 0 Å². The summed E-state index contributed by atoms with van der Waals surface area (Å²) in [6.45, 7) is 0.642. The van der Waals surface area contributed by atoms with Crippen molar-refractivity contribution in [1.29, 1.82) is 0 Å². The van der Waals surface area contributed by atoms with Gasteiger partial charge in [-0.15, -0.1) is 0 Å². The highest BCUT2D eigenvalue weighted by Gasteiger charge is 2.18. The molecule has 0 radical (unpaired) electrons. The Morgan fingerprint density at radius 3 is 3.17 bits per heavy atom. The molecule has 0 saturated heterocycles. The highest BCUT2D eigenvalue weighted by Crippen LogP contribution is 2.22. The number of carbonyl (C=O) groups is 1. The third-order valence-corrected chi connectivity index (χ3v) is 2.89. The number of ether oxygens (including phenoxy) is 1. The first kappa shape index (κ1) is 12.7. The van der Waals surface area contributed by atoms with E-state index in [1.807, 2.05) is 24.3 Å². The quantitative estimate of drug-likeness (QED) is 0.819. The molecule has 1 amide bonds. The molecule has 0 fully saturated rings. The third-order valence-electron chi connectivity index (χ3n) is 2.66. The normalized spacial score (nSPS) is 18.6. The van der Waals surface area contributed by atoms with Crippen LogP contribution in [-0.4, -0.2) is 25.7 Å². The minimum Gasteiger partial charge on any atom is -0.453 e. The fourth-order valence-electron chi connectivity index (χ4n) is 1.78. The zero-order valence-electron chi connectivity index (χ0n) is 9.94. The van der Waals surface area contributed by atoms with Gasteiger partial charge in [0.15, 0.2) is 0 Å². The number of hydrogen-bond acceptors (Lipinski definition) is 4. The number of methoxy groups -OCH3 is 1. The van der Waals surface area contributed by atoms with Crippen molar-refractivity contribution < 1.29 is 9.53 Å². The average molecular weight is 268 g/mol. The maximum atomic E-state index is 11.1. The van der Waals surface area contributed by atoms with Gasteiger partial charge in [-0.05, 0) is 24.1 Å². The Hall–Kier alpha value is -1.75. The Labute approximate surface area is 110 Å². The van der Waals surface area contributed by atoms with Gasteiger partial charge < -0.3 is 10.1 Å². The summed E-state index contributed by atoms with van der Waals surface area (Å²) in [5.41, 5.74) is 1.07. The summed E-state index contributed by atoms with van der Waals surface area (Å²) in [5, 5.41) is 6.36. The van der Waals surface area contributed by atoms with Crippen LogP contribution in [0, 0.1) is 0 Å². The van der Waals surface area contributed by atoms with Gasteiger partial charge in [0.1, 0.15) is 0 Å². The van der Waals surface area contributed by atoms with E-state index in [0.717, 1.165) is 12.0 Å². The minimum absolute atomic E-state index is 0.0911. The SMILES string of the molecule is COC(=O)NC1=NCCC(c2cccc(Cl)c2)N1. The van der Waals surface area contributed by atoms with Crippen LogP contribution in [0.2, 0.25) is 5.02 Å². The number of alkyl carbamates (subject to hydrolysis) is 1. The van der Waals surface area contributed by atoms with E-state index in [1.54, 1.807) is 0 Å². The zero-order chi connectivity index (χ0) is 13.0. The molecule has 0 aromatic heterocycles. The molecular formula is C12H14ClN3O2. The first-order valence-electron chi connectivity index (χ1n) is 5.60. The van der Waals surface area contributed by atoms with Crippen molar-refractivity contribution in [2.45, 2.75) is 12.5 Å². The van der Waals surface area contributed by atoms with Gasteiger partial charge in [0.25, 0.3) is 0 Å². The number of nitrogens with one attached hydrogen (secondary N) is 2. The Balaban J connectivity index is 2.05. The molecule has 2 N–H and O–H groups in total. The molecule has 0 saturated carbocycles. The van der Waals surface area contributed by atoms with E-state index >= 15 is 0 Å². The molecule has 1 aliphatic heterocycles. The van der Waals surface area contributed by atoms with Crippen LogP contribution in [0.3, 0.4) is 0 Å². The Kier molecular flexibility index (Phi) is 4.04. The standard InChI is InChI=1S/C12H14ClN3O2/c1-18-12(17)16-11-14-6-5-10(15-11)8-3-2-4-9(13)7-8/h2-4,7,10H,5-6H2,1H3,(H2,14,15,16,17). The maximum absolute atomic E-state index is 11.1. The van der Waals surface area contributed by atoms with Crippen LogP contribution < -0.4 is 10.6 Å². The molecule has 96 valence electrons. The van der Waals surface area contributed by atoms with Gasteiger partial charge in [0.05, 0.1) is 13.2 Å². The van der Waals surface area contributed by atoms with Gasteiger partial charge in [-0.1, -0.05) is 23.7 Å². The van der Waals surface area contributed by atoms with Gasteiger partial charge in [-0.25, -0.2) is 4.79 Å². The summed E-state index contributed by atoms with van der Waals surface area (Å²) in [7, 11) is 1.31. The van der Waals surface area contributed by atoms with Gasteiger partial charge >= 0.3 is 6.09 Å². The van der Waals surface area contributed by atoms with Crippen molar-refractivity contribution in [2.75, 3.05) is 13.7 Å². The molecule has 0 bridgehead atoms. The second kappa shape index (κ2) is 5.73. The summed E-state index contributed by atoms with van der Waals surface area (Å²) in [4.78, 5) is 15.3. The van der Waals surface area contributed by atoms with Crippen LogP contribution >= 0.6 is 11.6 Å². The Bertz CT molecular complexity index is 476. The van der Waals surface area contributed by atoms with Crippen LogP contribution in [0.15, 0.2) is 29.3 Å². The largest absolute Gasteiger partial charge is 0.453 e. The predicted molar refractivity (Wildman–Crippen MR) is 69.8 cm³/mol. The van der Waals surface area contributed by atoms with Crippen LogP contribution in [0.25, 0.3) is 0 Å². The molecule has 1 aromatic carbocycles. The van der Waals surface area contributed by atoms with Crippen molar-refractivity contribution in [2.24, 2.45) is 4.99 Å². The summed E-state index contributed by atoms with van der Waals surface area (Å²) in [6, 6.07) is 7.72. The summed E-state index contributed by atoms with van der Waals surface area (Å²) < 4.78 is 4.52. The van der Waals surface area contributed by atoms with Crippen molar-refractivity contribution in [3.63, 3.8) is 0 Å². The molecule has 0 spiro atoms. The van der Waals surface area contributed by atoms with Crippen LogP contribution in [0.4, 0.5) is 4.79 Å². The van der Waals surface area contributed by atoms with Crippen molar-refractivity contribution >= 4 is 23.7 Å². The first-order chi connectivity index (χ1) is 8.69. The fraction of sp³-hybridized carbons (Fsp3) is 0.333. The summed E-state index contributed by atoms with van der Waals surface area (Å²) in [6.07, 6.45) is 0.320. The van der Waals surface area contributed by atoms with Gasteiger partial charge in [0, 0.05) is 11.6 Å². The Morgan fingerprint density at radius 2 is 2.44 bits per heavy atom. The van der Waals surface area contributed by atoms with Crippen molar-refractivity contribution in [3.05, 3.63) is 34.9 Å². The molecular weight excluding hydrogens is 254 g/mol. The lowest BCUT2D eigenvalue weighted by Crippen LogP contribution is -2.45. The fourth-order valence-corrected chi connectivity index (χ4v) is 1.98. The molecule has 2 rings (SSSR count). The number of aliphatic imine (C=N–C) groups is 1. The molecule has 1 aliphatic rings. The highest BCUT2D eigenvalue weighted by atomic mass is 35.5. The number of amides is 1. The molecule has 1 unspecified atom stereocenters. The van der Waals surface area contributed by atoms with E-state index in [9.17, 15) is 4.79 Å². The van der Waals surface area contributed by atoms with Gasteiger partial charge in [0.2, 0.25) is 5.96 Å². The average Bonchev–Trinajstić information content (AvgIpc) is 2.39. The number of guanidine groups is 1. The second-order valence-electron chi connectivity index (χ2n) is 3.89. The lowest BCUT2D eigenvalue weighted by molar-refractivity contribution is 0.176. The summed E-state index contributed by atoms with van der Waals surface area (Å²) >= 11 is 5.96. The number of hydrogen-bond donors (Lipinski definition) is 2. The van der Waals surface area contributed by atoms with E-state index in [2.05, 4.69) is 20.4 Å². The van der Waals surface area contributed by atoms with Crippen LogP contribution in [0.1, 0.15) is 18.0 Å². The van der Waals surface area contributed by atoms with E-state index in [1.165, 1.54) is 7.11 Å². The lowest BCUT2D eigenvalue weighted by Gasteiger charge is -2.24. The second-order valence-corrected chi connectivity index (χ2v) is 4.32. The Morgan fingerprint density at radius 1 is 1.61 bits per heavy atom. The molecule has 1 aromatic rings. The minimum atomic E-state index is -0.534. The smallest absolute Gasteiger partial charge is 0.413 e. The monoisotopic (exact) mass is 267 g/mol. The third kappa shape index (κ3) is 3.13. The molecule has 1 atom stereocenters. The van der Waals surface area contributed by atoms with Gasteiger partial charge in [-0.3, -0.25) is 10.3 Å². The number of rotatable bonds is 1. The topological polar surface area (TPSA) is 62.7 Å². The van der Waals surface area contributed by atoms with Crippen molar-refractivity contribution in [1.82, 2.24) is 10.6 Å².